The van der Waals surface area contributed by atoms with Crippen LogP contribution in [0.15, 0.2) is 0 Å². The standard InChI is InChI=1S/C80H156O17P2/c1-6-9-12-15-18-21-24-27-29-31-33-35-37-40-45-50-55-60-65-79(84)96-75(69-91-78(83)64-59-54-49-44-39-36-34-32-30-28-25-22-19-16-13-10-7-2)71-94-98(86,87)92-67-74(81)68-93-99(88,89)95-72-76(97-80(85)66-61-56-51-46-41-42-47-52-57-62-73(4)5)70-90-77(82)63-58-53-48-43-38-26-23-20-17-14-11-8-3/h73-76,81H,6-72H2,1-5H3,(H,86,87)(H,88,89)/t74-,75-,76-/m1/s1. The Bertz CT molecular complexity index is 1890. The van der Waals surface area contributed by atoms with E-state index in [1.165, 1.54) is 250 Å². The van der Waals surface area contributed by atoms with Gasteiger partial charge in [0.2, 0.25) is 0 Å². The normalized spacial score (nSPS) is 13.9. The highest BCUT2D eigenvalue weighted by Crippen LogP contribution is 2.45. The van der Waals surface area contributed by atoms with Crippen molar-refractivity contribution >= 4 is 39.5 Å². The topological polar surface area (TPSA) is 237 Å². The van der Waals surface area contributed by atoms with Crippen LogP contribution in [0.4, 0.5) is 0 Å². The Hall–Kier alpha value is -1.94. The van der Waals surface area contributed by atoms with Crippen LogP contribution < -0.4 is 0 Å². The van der Waals surface area contributed by atoms with Gasteiger partial charge in [0.1, 0.15) is 19.3 Å². The summed E-state index contributed by atoms with van der Waals surface area (Å²) in [4.78, 5) is 73.0. The smallest absolute Gasteiger partial charge is 0.462 e. The Morgan fingerprint density at radius 1 is 0.273 bits per heavy atom. The first kappa shape index (κ1) is 97.1. The second kappa shape index (κ2) is 73.0. The molecule has 0 radical (unpaired) electrons. The Morgan fingerprint density at radius 2 is 0.465 bits per heavy atom. The van der Waals surface area contributed by atoms with Crippen LogP contribution in [0.2, 0.25) is 0 Å². The van der Waals surface area contributed by atoms with Crippen molar-refractivity contribution in [1.82, 2.24) is 0 Å². The van der Waals surface area contributed by atoms with Crippen molar-refractivity contribution in [2.24, 2.45) is 5.92 Å². The van der Waals surface area contributed by atoms with Gasteiger partial charge in [-0.05, 0) is 31.6 Å². The van der Waals surface area contributed by atoms with Crippen molar-refractivity contribution < 1.29 is 80.2 Å². The number of phosphoric ester groups is 2. The van der Waals surface area contributed by atoms with Crippen molar-refractivity contribution in [3.8, 4) is 0 Å². The molecule has 0 heterocycles. The molecule has 0 aliphatic heterocycles. The fourth-order valence-corrected chi connectivity index (χ4v) is 14.0. The zero-order chi connectivity index (χ0) is 72.7. The maximum Gasteiger partial charge on any atom is 0.472 e. The van der Waals surface area contributed by atoms with Gasteiger partial charge in [0.15, 0.2) is 12.2 Å². The summed E-state index contributed by atoms with van der Waals surface area (Å²) in [6.45, 7) is 7.30. The van der Waals surface area contributed by atoms with E-state index >= 15 is 0 Å². The van der Waals surface area contributed by atoms with Crippen LogP contribution in [0.1, 0.15) is 426 Å². The van der Waals surface area contributed by atoms with Crippen molar-refractivity contribution in [3.05, 3.63) is 0 Å². The van der Waals surface area contributed by atoms with Gasteiger partial charge in [-0.25, -0.2) is 9.13 Å². The number of aliphatic hydroxyl groups is 1. The Balaban J connectivity index is 5.24. The van der Waals surface area contributed by atoms with Crippen LogP contribution in [0.3, 0.4) is 0 Å². The summed E-state index contributed by atoms with van der Waals surface area (Å²) < 4.78 is 68.7. The lowest BCUT2D eigenvalue weighted by atomic mass is 10.0. The summed E-state index contributed by atoms with van der Waals surface area (Å²) >= 11 is 0. The van der Waals surface area contributed by atoms with Crippen molar-refractivity contribution in [1.29, 1.82) is 0 Å². The molecule has 5 atom stereocenters. The number of hydrogen-bond acceptors (Lipinski definition) is 15. The quantitative estimate of drug-likeness (QED) is 0.0222. The molecule has 0 rings (SSSR count). The third kappa shape index (κ3) is 74.1. The second-order valence-electron chi connectivity index (χ2n) is 29.3. The third-order valence-electron chi connectivity index (χ3n) is 18.8. The van der Waals surface area contributed by atoms with Crippen LogP contribution in [0.25, 0.3) is 0 Å². The molecule has 0 bridgehead atoms. The number of ether oxygens (including phenoxy) is 4. The fraction of sp³-hybridized carbons (Fsp3) is 0.950. The number of aliphatic hydroxyl groups excluding tert-OH is 1. The van der Waals surface area contributed by atoms with Crippen molar-refractivity contribution in [2.75, 3.05) is 39.6 Å². The van der Waals surface area contributed by atoms with E-state index in [1.54, 1.807) is 0 Å². The Labute approximate surface area is 607 Å². The first-order valence-electron chi connectivity index (χ1n) is 41.6. The van der Waals surface area contributed by atoms with Crippen molar-refractivity contribution in [3.63, 3.8) is 0 Å². The highest BCUT2D eigenvalue weighted by Gasteiger charge is 2.30. The third-order valence-corrected chi connectivity index (χ3v) is 20.7. The minimum Gasteiger partial charge on any atom is -0.462 e. The van der Waals surface area contributed by atoms with Crippen LogP contribution >= 0.6 is 15.6 Å². The zero-order valence-electron chi connectivity index (χ0n) is 64.6. The van der Waals surface area contributed by atoms with Gasteiger partial charge in [0.25, 0.3) is 0 Å². The highest BCUT2D eigenvalue weighted by atomic mass is 31.2. The van der Waals surface area contributed by atoms with Crippen LogP contribution in [0.5, 0.6) is 0 Å². The summed E-state index contributed by atoms with van der Waals surface area (Å²) in [5.74, 6) is -1.37. The van der Waals surface area contributed by atoms with E-state index in [9.17, 15) is 43.2 Å². The molecule has 3 N–H and O–H groups in total. The summed E-state index contributed by atoms with van der Waals surface area (Å²) in [6, 6.07) is 0. The van der Waals surface area contributed by atoms with Gasteiger partial charge < -0.3 is 33.8 Å². The van der Waals surface area contributed by atoms with E-state index in [2.05, 4.69) is 34.6 Å². The summed E-state index contributed by atoms with van der Waals surface area (Å²) in [5.41, 5.74) is 0. The first-order chi connectivity index (χ1) is 48.0. The minimum absolute atomic E-state index is 0.106. The first-order valence-corrected chi connectivity index (χ1v) is 44.6. The van der Waals surface area contributed by atoms with Gasteiger partial charge in [0.05, 0.1) is 26.4 Å². The lowest BCUT2D eigenvalue weighted by Crippen LogP contribution is -2.30. The van der Waals surface area contributed by atoms with Crippen molar-refractivity contribution in [2.45, 2.75) is 445 Å². The molecule has 0 aliphatic carbocycles. The molecule has 0 aromatic carbocycles. The monoisotopic (exact) mass is 1450 g/mol. The van der Waals surface area contributed by atoms with E-state index in [1.807, 2.05) is 0 Å². The molecule has 2 unspecified atom stereocenters. The fourth-order valence-electron chi connectivity index (χ4n) is 12.4. The molecular weight excluding hydrogens is 1290 g/mol. The van der Waals surface area contributed by atoms with Crippen LogP contribution in [0, 0.1) is 5.92 Å². The molecule has 19 heteroatoms. The molecule has 0 saturated carbocycles. The molecule has 0 amide bonds. The van der Waals surface area contributed by atoms with Gasteiger partial charge in [0, 0.05) is 25.7 Å². The van der Waals surface area contributed by atoms with Gasteiger partial charge in [-0.1, -0.05) is 375 Å². The van der Waals surface area contributed by atoms with E-state index in [0.29, 0.717) is 25.7 Å². The van der Waals surface area contributed by atoms with E-state index < -0.39 is 97.5 Å². The minimum atomic E-state index is -4.96. The van der Waals surface area contributed by atoms with E-state index in [0.717, 1.165) is 95.8 Å². The molecule has 0 aromatic rings. The van der Waals surface area contributed by atoms with Crippen LogP contribution in [-0.2, 0) is 65.4 Å². The zero-order valence-corrected chi connectivity index (χ0v) is 66.4. The lowest BCUT2D eigenvalue weighted by molar-refractivity contribution is -0.161. The maximum atomic E-state index is 13.1. The Morgan fingerprint density at radius 3 is 0.687 bits per heavy atom. The molecule has 588 valence electrons. The lowest BCUT2D eigenvalue weighted by Gasteiger charge is -2.21. The summed E-state index contributed by atoms with van der Waals surface area (Å²) in [7, 11) is -9.92. The number of hydrogen-bond donors (Lipinski definition) is 3. The summed E-state index contributed by atoms with van der Waals surface area (Å²) in [5, 5.41) is 10.6. The average Bonchev–Trinajstić information content (AvgIpc) is 1.02. The number of carbonyl (C=O) groups excluding carboxylic acids is 4. The predicted molar refractivity (Wildman–Crippen MR) is 405 cm³/mol. The molecular formula is C80H156O17P2. The van der Waals surface area contributed by atoms with E-state index in [-0.39, 0.29) is 25.7 Å². The molecule has 0 fully saturated rings. The number of rotatable bonds is 80. The summed E-state index contributed by atoms with van der Waals surface area (Å²) in [6.07, 6.45) is 63.8. The molecule has 0 spiro atoms. The molecule has 99 heavy (non-hydrogen) atoms. The second-order valence-corrected chi connectivity index (χ2v) is 32.2. The van der Waals surface area contributed by atoms with Gasteiger partial charge in [-0.2, -0.15) is 0 Å². The number of unbranched alkanes of at least 4 members (excludes halogenated alkanes) is 52. The predicted octanol–water partition coefficient (Wildman–Crippen LogP) is 24.0. The molecule has 0 saturated heterocycles. The molecule has 0 aliphatic rings. The number of phosphoric acid groups is 2. The number of carbonyl (C=O) groups is 4. The van der Waals surface area contributed by atoms with E-state index in [4.69, 9.17) is 37.0 Å². The molecule has 0 aromatic heterocycles. The van der Waals surface area contributed by atoms with Gasteiger partial charge >= 0.3 is 39.5 Å². The SMILES string of the molecule is CCCCCCCCCCCCCCCCCCCCC(=O)O[C@H](COC(=O)CCCCCCCCCCCCCCCCCCC)COP(=O)(O)OC[C@@H](O)COP(=O)(O)OC[C@@H](COC(=O)CCCCCCCCCCCCCC)OC(=O)CCCCCCCCCCCC(C)C. The average molecular weight is 1450 g/mol. The van der Waals surface area contributed by atoms with Crippen LogP contribution in [-0.4, -0.2) is 96.7 Å². The van der Waals surface area contributed by atoms with Gasteiger partial charge in [-0.3, -0.25) is 37.3 Å². The number of esters is 4. The Kier molecular flexibility index (Phi) is 71.6. The molecule has 17 nitrogen and oxygen atoms in total. The maximum absolute atomic E-state index is 13.1. The highest BCUT2D eigenvalue weighted by molar-refractivity contribution is 7.47. The largest absolute Gasteiger partial charge is 0.472 e. The van der Waals surface area contributed by atoms with Gasteiger partial charge in [-0.15, -0.1) is 0 Å².